The molecule has 0 radical (unpaired) electrons. The van der Waals surface area contributed by atoms with Crippen LogP contribution in [0.4, 0.5) is 16.0 Å². The van der Waals surface area contributed by atoms with Crippen LogP contribution in [0.3, 0.4) is 0 Å². The van der Waals surface area contributed by atoms with Crippen molar-refractivity contribution in [3.8, 4) is 11.1 Å². The number of aromatic nitrogens is 7. The minimum atomic E-state index is -0.904. The van der Waals surface area contributed by atoms with Gasteiger partial charge in [-0.2, -0.15) is 10.2 Å². The van der Waals surface area contributed by atoms with E-state index in [1.807, 2.05) is 38.0 Å². The van der Waals surface area contributed by atoms with Crippen molar-refractivity contribution in [2.75, 3.05) is 36.0 Å². The van der Waals surface area contributed by atoms with Crippen molar-refractivity contribution < 1.29 is 9.50 Å². The molecule has 10 nitrogen and oxygen atoms in total. The fraction of sp³-hybridized carbons (Fsp3) is 0.240. The van der Waals surface area contributed by atoms with Gasteiger partial charge in [0.05, 0.1) is 12.4 Å². The molecule has 1 N–H and O–H groups in total. The standard InChI is InChI=1S/C25H24FN9O/c1-32-15-20(13-30-32)19-12-27-24-22(14-31-35(24)16-19)33-6-8-34(9-7-33)25-28-10-18(11-29-25)23(36)17-2-4-21(26)5-3-17/h2-5,10-16,23,36H,6-9H2,1H3. The second-order valence-electron chi connectivity index (χ2n) is 8.79. The van der Waals surface area contributed by atoms with Crippen LogP contribution >= 0.6 is 0 Å². The van der Waals surface area contributed by atoms with E-state index in [0.29, 0.717) is 17.1 Å². The molecule has 182 valence electrons. The van der Waals surface area contributed by atoms with E-state index >= 15 is 0 Å². The molecule has 36 heavy (non-hydrogen) atoms. The van der Waals surface area contributed by atoms with Gasteiger partial charge < -0.3 is 14.9 Å². The van der Waals surface area contributed by atoms with Crippen LogP contribution in [0.2, 0.25) is 0 Å². The third-order valence-corrected chi connectivity index (χ3v) is 6.44. The topological polar surface area (TPSA) is 100 Å². The first kappa shape index (κ1) is 22.1. The van der Waals surface area contributed by atoms with Gasteiger partial charge in [0.25, 0.3) is 0 Å². The van der Waals surface area contributed by atoms with Crippen molar-refractivity contribution in [3.05, 3.63) is 84.6 Å². The summed E-state index contributed by atoms with van der Waals surface area (Å²) >= 11 is 0. The summed E-state index contributed by atoms with van der Waals surface area (Å²) in [5.41, 5.74) is 4.91. The number of nitrogens with zero attached hydrogens (tertiary/aromatic N) is 9. The van der Waals surface area contributed by atoms with Gasteiger partial charge in [0.2, 0.25) is 5.95 Å². The van der Waals surface area contributed by atoms with E-state index in [2.05, 4.69) is 34.9 Å². The van der Waals surface area contributed by atoms with Crippen LogP contribution in [0, 0.1) is 5.82 Å². The van der Waals surface area contributed by atoms with Crippen molar-refractivity contribution in [2.24, 2.45) is 7.05 Å². The van der Waals surface area contributed by atoms with Crippen LogP contribution in [-0.2, 0) is 7.05 Å². The smallest absolute Gasteiger partial charge is 0.225 e. The summed E-state index contributed by atoms with van der Waals surface area (Å²) in [6.07, 6.45) is 11.8. The summed E-state index contributed by atoms with van der Waals surface area (Å²) in [4.78, 5) is 18.0. The van der Waals surface area contributed by atoms with Gasteiger partial charge in [0.15, 0.2) is 5.65 Å². The van der Waals surface area contributed by atoms with Crippen LogP contribution < -0.4 is 9.80 Å². The second kappa shape index (κ2) is 9.00. The van der Waals surface area contributed by atoms with Crippen LogP contribution in [0.15, 0.2) is 67.6 Å². The number of aliphatic hydroxyl groups is 1. The highest BCUT2D eigenvalue weighted by atomic mass is 19.1. The molecule has 0 amide bonds. The lowest BCUT2D eigenvalue weighted by Crippen LogP contribution is -2.47. The maximum atomic E-state index is 13.2. The molecule has 1 aromatic carbocycles. The highest BCUT2D eigenvalue weighted by Gasteiger charge is 2.23. The fourth-order valence-electron chi connectivity index (χ4n) is 4.43. The Morgan fingerprint density at radius 3 is 2.17 bits per heavy atom. The molecule has 5 heterocycles. The van der Waals surface area contributed by atoms with Crippen molar-refractivity contribution in [3.63, 3.8) is 0 Å². The van der Waals surface area contributed by atoms with E-state index in [4.69, 9.17) is 0 Å². The molecule has 1 saturated heterocycles. The number of aliphatic hydroxyl groups excluding tert-OH is 1. The predicted octanol–water partition coefficient (Wildman–Crippen LogP) is 2.47. The molecule has 1 fully saturated rings. The summed E-state index contributed by atoms with van der Waals surface area (Å²) in [6.45, 7) is 3.03. The Morgan fingerprint density at radius 2 is 1.47 bits per heavy atom. The molecule has 0 bridgehead atoms. The van der Waals surface area contributed by atoms with Crippen molar-refractivity contribution in [2.45, 2.75) is 6.10 Å². The normalized spacial score (nSPS) is 15.0. The van der Waals surface area contributed by atoms with Gasteiger partial charge in [0.1, 0.15) is 17.6 Å². The Hall–Kier alpha value is -4.38. The first-order chi connectivity index (χ1) is 17.5. The van der Waals surface area contributed by atoms with Gasteiger partial charge in [-0.1, -0.05) is 12.1 Å². The van der Waals surface area contributed by atoms with Crippen molar-refractivity contribution in [1.82, 2.24) is 34.3 Å². The summed E-state index contributed by atoms with van der Waals surface area (Å²) in [5.74, 6) is 0.273. The number of piperazine rings is 1. The van der Waals surface area contributed by atoms with E-state index < -0.39 is 6.10 Å². The van der Waals surface area contributed by atoms with Crippen LogP contribution in [0.25, 0.3) is 16.8 Å². The van der Waals surface area contributed by atoms with Crippen LogP contribution in [0.1, 0.15) is 17.2 Å². The van der Waals surface area contributed by atoms with Crippen molar-refractivity contribution in [1.29, 1.82) is 0 Å². The van der Waals surface area contributed by atoms with Crippen molar-refractivity contribution >= 4 is 17.3 Å². The molecule has 1 aliphatic heterocycles. The Balaban J connectivity index is 1.12. The Morgan fingerprint density at radius 1 is 0.778 bits per heavy atom. The third kappa shape index (κ3) is 4.13. The summed E-state index contributed by atoms with van der Waals surface area (Å²) in [7, 11) is 1.89. The molecular formula is C25H24FN9O. The molecule has 1 aliphatic rings. The maximum Gasteiger partial charge on any atom is 0.225 e. The number of halogens is 1. The van der Waals surface area contributed by atoms with E-state index in [0.717, 1.165) is 48.6 Å². The number of rotatable bonds is 5. The number of aryl methyl sites for hydroxylation is 1. The van der Waals surface area contributed by atoms with Crippen LogP contribution in [-0.4, -0.2) is 65.6 Å². The lowest BCUT2D eigenvalue weighted by molar-refractivity contribution is 0.219. The fourth-order valence-corrected chi connectivity index (χ4v) is 4.43. The molecule has 0 saturated carbocycles. The molecule has 4 aromatic heterocycles. The minimum absolute atomic E-state index is 0.342. The molecule has 0 aliphatic carbocycles. The quantitative estimate of drug-likeness (QED) is 0.405. The Labute approximate surface area is 206 Å². The molecule has 6 rings (SSSR count). The number of hydrogen-bond acceptors (Lipinski definition) is 8. The summed E-state index contributed by atoms with van der Waals surface area (Å²) in [5, 5.41) is 19.3. The predicted molar refractivity (Wildman–Crippen MR) is 132 cm³/mol. The van der Waals surface area contributed by atoms with E-state index in [9.17, 15) is 9.50 Å². The highest BCUT2D eigenvalue weighted by molar-refractivity contribution is 5.71. The number of benzene rings is 1. The largest absolute Gasteiger partial charge is 0.384 e. The van der Waals surface area contributed by atoms with E-state index in [1.54, 1.807) is 33.7 Å². The Kier molecular flexibility index (Phi) is 5.53. The average molecular weight is 486 g/mol. The Bertz CT molecular complexity index is 1490. The van der Waals surface area contributed by atoms with Gasteiger partial charge >= 0.3 is 0 Å². The van der Waals surface area contributed by atoms with Gasteiger partial charge in [-0.15, -0.1) is 0 Å². The van der Waals surface area contributed by atoms with E-state index in [-0.39, 0.29) is 5.82 Å². The lowest BCUT2D eigenvalue weighted by Gasteiger charge is -2.35. The zero-order valence-corrected chi connectivity index (χ0v) is 19.6. The average Bonchev–Trinajstić information content (AvgIpc) is 3.55. The zero-order valence-electron chi connectivity index (χ0n) is 19.6. The summed E-state index contributed by atoms with van der Waals surface area (Å²) < 4.78 is 16.7. The second-order valence-corrected chi connectivity index (χ2v) is 8.79. The summed E-state index contributed by atoms with van der Waals surface area (Å²) in [6, 6.07) is 5.77. The monoisotopic (exact) mass is 485 g/mol. The highest BCUT2D eigenvalue weighted by Crippen LogP contribution is 2.26. The third-order valence-electron chi connectivity index (χ3n) is 6.44. The van der Waals surface area contributed by atoms with Gasteiger partial charge in [-0.25, -0.2) is 23.9 Å². The molecule has 1 atom stereocenters. The lowest BCUT2D eigenvalue weighted by atomic mass is 10.0. The molecule has 5 aromatic rings. The first-order valence-corrected chi connectivity index (χ1v) is 11.6. The molecule has 1 unspecified atom stereocenters. The molecule has 11 heteroatoms. The van der Waals surface area contributed by atoms with Gasteiger partial charge in [-0.05, 0) is 17.7 Å². The first-order valence-electron chi connectivity index (χ1n) is 11.6. The molecular weight excluding hydrogens is 461 g/mol. The van der Waals surface area contributed by atoms with Crippen LogP contribution in [0.5, 0.6) is 0 Å². The van der Waals surface area contributed by atoms with E-state index in [1.165, 1.54) is 12.1 Å². The maximum absolute atomic E-state index is 13.2. The number of anilines is 2. The molecule has 0 spiro atoms. The zero-order chi connectivity index (χ0) is 24.6. The van der Waals surface area contributed by atoms with Gasteiger partial charge in [0, 0.05) is 80.9 Å². The SMILES string of the molecule is Cn1cc(-c2cnc3c(N4CCN(c5ncc(C(O)c6ccc(F)cc6)cn5)CC4)cnn3c2)cn1. The minimum Gasteiger partial charge on any atom is -0.384 e. The number of hydrogen-bond donors (Lipinski definition) is 1. The van der Waals surface area contributed by atoms with Gasteiger partial charge in [-0.3, -0.25) is 4.68 Å². The number of fused-ring (bicyclic) bond motifs is 1.